The lowest BCUT2D eigenvalue weighted by molar-refractivity contribution is 0.314. The Kier molecular flexibility index (Phi) is 9.75. The summed E-state index contributed by atoms with van der Waals surface area (Å²) in [7, 11) is 1.97. The van der Waals surface area contributed by atoms with Crippen LogP contribution < -0.4 is 5.32 Å². The van der Waals surface area contributed by atoms with Crippen molar-refractivity contribution >= 4 is 40.5 Å². The maximum Gasteiger partial charge on any atom is 0.115 e. The minimum Gasteiger partial charge on any atom is -0.508 e. The summed E-state index contributed by atoms with van der Waals surface area (Å²) in [5, 5.41) is 20.8. The molecule has 0 spiro atoms. The number of hydrogen-bond donors (Lipinski definition) is 2. The van der Waals surface area contributed by atoms with Crippen molar-refractivity contribution < 1.29 is 5.11 Å². The van der Waals surface area contributed by atoms with E-state index < -0.39 is 0 Å². The van der Waals surface area contributed by atoms with Gasteiger partial charge in [-0.2, -0.15) is 5.10 Å². The van der Waals surface area contributed by atoms with E-state index in [9.17, 15) is 5.11 Å². The number of likely N-dealkylation sites (N-methyl/N-ethyl adjacent to an activating group) is 1. The molecule has 0 radical (unpaired) electrons. The Morgan fingerprint density at radius 1 is 1.00 bits per heavy atom. The molecule has 5 nitrogen and oxygen atoms in total. The number of allylic oxidation sites excluding steroid dienone is 1. The zero-order chi connectivity index (χ0) is 29.4. The minimum atomic E-state index is 0.0195. The number of nitrogens with one attached hydrogen (secondary N) is 1. The predicted molar refractivity (Wildman–Crippen MR) is 176 cm³/mol. The second-order valence-corrected chi connectivity index (χ2v) is 10.6. The number of pyridine rings is 1. The van der Waals surface area contributed by atoms with Gasteiger partial charge in [-0.1, -0.05) is 85.8 Å². The maximum atomic E-state index is 9.72. The van der Waals surface area contributed by atoms with Crippen LogP contribution in [0.4, 0.5) is 0 Å². The fourth-order valence-electron chi connectivity index (χ4n) is 4.71. The Bertz CT molecular complexity index is 1570. The SMILES string of the molecule is C=C(NC(Cc1ccc(O)cc1)CN(C)/N=C\CC)c1cc(C(=C)C)c2cc(/C=C/c3ccc(C)cc3)ccc2n1. The van der Waals surface area contributed by atoms with E-state index in [1.165, 1.54) is 11.1 Å². The Hall–Kier alpha value is -4.64. The summed E-state index contributed by atoms with van der Waals surface area (Å²) in [5.74, 6) is 0.258. The van der Waals surface area contributed by atoms with Crippen LogP contribution in [-0.4, -0.2) is 40.9 Å². The van der Waals surface area contributed by atoms with E-state index in [0.717, 1.165) is 57.4 Å². The topological polar surface area (TPSA) is 60.8 Å². The number of phenols is 1. The molecule has 210 valence electrons. The highest BCUT2D eigenvalue weighted by Crippen LogP contribution is 2.28. The molecular formula is C36H40N4O. The number of benzene rings is 3. The highest BCUT2D eigenvalue weighted by atomic mass is 16.3. The first-order chi connectivity index (χ1) is 19.7. The Morgan fingerprint density at radius 2 is 1.68 bits per heavy atom. The minimum absolute atomic E-state index is 0.0195. The maximum absolute atomic E-state index is 9.72. The Morgan fingerprint density at radius 3 is 2.37 bits per heavy atom. The van der Waals surface area contributed by atoms with E-state index in [0.29, 0.717) is 6.54 Å². The monoisotopic (exact) mass is 544 g/mol. The standard InChI is InChI=1S/C36H40N4O/c1-7-20-37-40(6)24-31(21-29-14-17-32(41)18-15-29)38-27(5)36-23-33(25(2)3)34-22-30(16-19-35(34)39-36)13-12-28-10-8-26(4)9-11-28/h8-20,22-23,31,38,41H,2,5,7,21,24H2,1,3-4,6H3/b13-12+,37-20-. The quantitative estimate of drug-likeness (QED) is 0.108. The molecule has 1 heterocycles. The van der Waals surface area contributed by atoms with Gasteiger partial charge in [0.2, 0.25) is 0 Å². The average molecular weight is 545 g/mol. The molecule has 0 saturated carbocycles. The fourth-order valence-corrected chi connectivity index (χ4v) is 4.71. The summed E-state index contributed by atoms with van der Waals surface area (Å²) in [6.07, 6.45) is 7.78. The van der Waals surface area contributed by atoms with Crippen LogP contribution in [0.5, 0.6) is 5.75 Å². The first-order valence-electron chi connectivity index (χ1n) is 14.0. The summed E-state index contributed by atoms with van der Waals surface area (Å²) >= 11 is 0. The van der Waals surface area contributed by atoms with E-state index in [1.54, 1.807) is 12.1 Å². The van der Waals surface area contributed by atoms with E-state index >= 15 is 0 Å². The number of rotatable bonds is 12. The molecule has 1 atom stereocenters. The second kappa shape index (κ2) is 13.6. The summed E-state index contributed by atoms with van der Waals surface area (Å²) < 4.78 is 0. The van der Waals surface area contributed by atoms with Crippen LogP contribution in [0, 0.1) is 6.92 Å². The van der Waals surface area contributed by atoms with Gasteiger partial charge in [0, 0.05) is 24.7 Å². The molecule has 0 aliphatic carbocycles. The van der Waals surface area contributed by atoms with Crippen LogP contribution in [0.3, 0.4) is 0 Å². The summed E-state index contributed by atoms with van der Waals surface area (Å²) in [5.41, 5.74) is 9.09. The van der Waals surface area contributed by atoms with Gasteiger partial charge in [0.25, 0.3) is 0 Å². The molecule has 4 rings (SSSR count). The number of hydrogen-bond acceptors (Lipinski definition) is 5. The molecule has 2 N–H and O–H groups in total. The number of aryl methyl sites for hydroxylation is 1. The van der Waals surface area contributed by atoms with Crippen molar-refractivity contribution in [3.63, 3.8) is 0 Å². The van der Waals surface area contributed by atoms with Gasteiger partial charge >= 0.3 is 0 Å². The van der Waals surface area contributed by atoms with Crippen molar-refractivity contribution in [1.82, 2.24) is 15.3 Å². The van der Waals surface area contributed by atoms with E-state index in [2.05, 4.69) is 98.1 Å². The van der Waals surface area contributed by atoms with Gasteiger partial charge in [-0.05, 0) is 79.3 Å². The van der Waals surface area contributed by atoms with Crippen molar-refractivity contribution in [3.05, 3.63) is 119 Å². The van der Waals surface area contributed by atoms with E-state index in [4.69, 9.17) is 4.98 Å². The first kappa shape index (κ1) is 29.3. The smallest absolute Gasteiger partial charge is 0.115 e. The molecular weight excluding hydrogens is 504 g/mol. The van der Waals surface area contributed by atoms with Crippen molar-refractivity contribution in [2.45, 2.75) is 39.7 Å². The van der Waals surface area contributed by atoms with Crippen LogP contribution in [0.15, 0.2) is 91.1 Å². The van der Waals surface area contributed by atoms with Gasteiger partial charge in [-0.25, -0.2) is 4.98 Å². The summed E-state index contributed by atoms with van der Waals surface area (Å²) in [4.78, 5) is 4.98. The van der Waals surface area contributed by atoms with Crippen LogP contribution in [-0.2, 0) is 6.42 Å². The fraction of sp³-hybridized carbons (Fsp3) is 0.222. The average Bonchev–Trinajstić information content (AvgIpc) is 2.96. The highest BCUT2D eigenvalue weighted by molar-refractivity contribution is 5.94. The molecule has 41 heavy (non-hydrogen) atoms. The highest BCUT2D eigenvalue weighted by Gasteiger charge is 2.16. The molecule has 0 bridgehead atoms. The summed E-state index contributed by atoms with van der Waals surface area (Å²) in [6, 6.07) is 24.2. The van der Waals surface area contributed by atoms with Crippen LogP contribution in [0.25, 0.3) is 34.3 Å². The Balaban J connectivity index is 1.60. The number of aromatic nitrogens is 1. The van der Waals surface area contributed by atoms with Gasteiger partial charge < -0.3 is 10.4 Å². The molecule has 0 fully saturated rings. The molecule has 0 saturated heterocycles. The third kappa shape index (κ3) is 8.18. The lowest BCUT2D eigenvalue weighted by Gasteiger charge is -2.25. The number of aromatic hydroxyl groups is 1. The van der Waals surface area contributed by atoms with Crippen molar-refractivity contribution in [2.24, 2.45) is 5.10 Å². The zero-order valence-electron chi connectivity index (χ0n) is 24.6. The van der Waals surface area contributed by atoms with Crippen molar-refractivity contribution in [1.29, 1.82) is 0 Å². The third-order valence-corrected chi connectivity index (χ3v) is 6.89. The van der Waals surface area contributed by atoms with Crippen molar-refractivity contribution in [3.8, 4) is 5.75 Å². The first-order valence-corrected chi connectivity index (χ1v) is 14.0. The lowest BCUT2D eigenvalue weighted by atomic mass is 9.99. The largest absolute Gasteiger partial charge is 0.508 e. The van der Waals surface area contributed by atoms with E-state index in [1.807, 2.05) is 37.3 Å². The molecule has 4 aromatic rings. The molecule has 0 amide bonds. The lowest BCUT2D eigenvalue weighted by Crippen LogP contribution is -2.38. The molecule has 0 aliphatic rings. The zero-order valence-corrected chi connectivity index (χ0v) is 24.6. The number of phenolic OH excluding ortho intramolecular Hbond substituents is 1. The van der Waals surface area contributed by atoms with E-state index in [-0.39, 0.29) is 11.8 Å². The number of hydrazone groups is 1. The normalized spacial score (nSPS) is 12.2. The molecule has 5 heteroatoms. The molecule has 3 aromatic carbocycles. The number of nitrogens with zero attached hydrogens (tertiary/aromatic N) is 3. The second-order valence-electron chi connectivity index (χ2n) is 10.6. The van der Waals surface area contributed by atoms with Crippen molar-refractivity contribution in [2.75, 3.05) is 13.6 Å². The van der Waals surface area contributed by atoms with Crippen LogP contribution >= 0.6 is 0 Å². The summed E-state index contributed by atoms with van der Waals surface area (Å²) in [6.45, 7) is 15.5. The van der Waals surface area contributed by atoms with Crippen LogP contribution in [0.2, 0.25) is 0 Å². The third-order valence-electron chi connectivity index (χ3n) is 6.89. The Labute approximate surface area is 244 Å². The van der Waals surface area contributed by atoms with Crippen LogP contribution in [0.1, 0.15) is 53.8 Å². The number of fused-ring (bicyclic) bond motifs is 1. The van der Waals surface area contributed by atoms with Gasteiger partial charge in [-0.15, -0.1) is 0 Å². The molecule has 1 aromatic heterocycles. The molecule has 0 aliphatic heterocycles. The van der Waals surface area contributed by atoms with Gasteiger partial charge in [0.15, 0.2) is 0 Å². The van der Waals surface area contributed by atoms with Gasteiger partial charge in [0.05, 0.1) is 23.5 Å². The van der Waals surface area contributed by atoms with Gasteiger partial charge in [-0.3, -0.25) is 5.01 Å². The van der Waals surface area contributed by atoms with Gasteiger partial charge in [0.1, 0.15) is 5.75 Å². The molecule has 1 unspecified atom stereocenters. The predicted octanol–water partition coefficient (Wildman–Crippen LogP) is 7.95.